The van der Waals surface area contributed by atoms with Gasteiger partial charge in [-0.15, -0.1) is 0 Å². The molecule has 28 heavy (non-hydrogen) atoms. The van der Waals surface area contributed by atoms with Crippen molar-refractivity contribution in [1.29, 1.82) is 0 Å². The van der Waals surface area contributed by atoms with Crippen LogP contribution in [0.2, 0.25) is 0 Å². The van der Waals surface area contributed by atoms with E-state index >= 15 is 0 Å². The number of methoxy groups -OCH3 is 1. The number of benzene rings is 3. The number of aryl methyl sites for hydroxylation is 1. The fourth-order valence-corrected chi connectivity index (χ4v) is 3.69. The SMILES string of the molecule is COc1ccccc1-n1nc(-c2ccccc2)c2cnc3ccc(C)cc3c21. The zero-order valence-electron chi connectivity index (χ0n) is 15.8. The van der Waals surface area contributed by atoms with Gasteiger partial charge in [-0.3, -0.25) is 4.98 Å². The molecule has 0 bridgehead atoms. The van der Waals surface area contributed by atoms with Crippen LogP contribution in [-0.4, -0.2) is 21.9 Å². The van der Waals surface area contributed by atoms with Crippen molar-refractivity contribution < 1.29 is 4.74 Å². The number of nitrogens with zero attached hydrogens (tertiary/aromatic N) is 3. The normalized spacial score (nSPS) is 11.2. The second-order valence-corrected chi connectivity index (χ2v) is 6.84. The van der Waals surface area contributed by atoms with E-state index in [-0.39, 0.29) is 0 Å². The van der Waals surface area contributed by atoms with Crippen LogP contribution in [0.15, 0.2) is 79.0 Å². The lowest BCUT2D eigenvalue weighted by Gasteiger charge is -2.10. The van der Waals surface area contributed by atoms with E-state index in [0.29, 0.717) is 0 Å². The molecule has 0 saturated heterocycles. The highest BCUT2D eigenvalue weighted by molar-refractivity contribution is 6.09. The third-order valence-corrected chi connectivity index (χ3v) is 5.02. The van der Waals surface area contributed by atoms with Crippen LogP contribution in [0.5, 0.6) is 5.75 Å². The number of aromatic nitrogens is 3. The molecule has 3 aromatic carbocycles. The molecule has 0 aliphatic rings. The van der Waals surface area contributed by atoms with Crippen molar-refractivity contribution in [3.63, 3.8) is 0 Å². The molecule has 0 atom stereocenters. The maximum absolute atomic E-state index is 5.62. The molecule has 0 saturated carbocycles. The van der Waals surface area contributed by atoms with Crippen molar-refractivity contribution >= 4 is 21.8 Å². The molecule has 2 heterocycles. The molecule has 0 aliphatic heterocycles. The van der Waals surface area contributed by atoms with Gasteiger partial charge < -0.3 is 4.74 Å². The number of ether oxygens (including phenoxy) is 1. The summed E-state index contributed by atoms with van der Waals surface area (Å²) < 4.78 is 7.61. The monoisotopic (exact) mass is 365 g/mol. The van der Waals surface area contributed by atoms with E-state index in [0.717, 1.165) is 44.5 Å². The van der Waals surface area contributed by atoms with Crippen LogP contribution in [-0.2, 0) is 0 Å². The molecule has 0 aliphatic carbocycles. The van der Waals surface area contributed by atoms with E-state index in [2.05, 4.69) is 37.3 Å². The van der Waals surface area contributed by atoms with E-state index in [9.17, 15) is 0 Å². The molecular weight excluding hydrogens is 346 g/mol. The van der Waals surface area contributed by atoms with Crippen LogP contribution in [0.3, 0.4) is 0 Å². The fourth-order valence-electron chi connectivity index (χ4n) is 3.69. The molecule has 0 radical (unpaired) electrons. The maximum Gasteiger partial charge on any atom is 0.144 e. The zero-order valence-corrected chi connectivity index (χ0v) is 15.8. The number of pyridine rings is 1. The van der Waals surface area contributed by atoms with Gasteiger partial charge in [0.25, 0.3) is 0 Å². The first-order valence-corrected chi connectivity index (χ1v) is 9.23. The van der Waals surface area contributed by atoms with Crippen LogP contribution in [0.1, 0.15) is 5.56 Å². The second kappa shape index (κ2) is 6.50. The Labute approximate surface area is 163 Å². The molecule has 0 amide bonds. The highest BCUT2D eigenvalue weighted by Gasteiger charge is 2.18. The average molecular weight is 365 g/mol. The third-order valence-electron chi connectivity index (χ3n) is 5.02. The Bertz CT molecular complexity index is 1310. The van der Waals surface area contributed by atoms with Crippen LogP contribution >= 0.6 is 0 Å². The van der Waals surface area contributed by atoms with Gasteiger partial charge in [0.1, 0.15) is 17.1 Å². The average Bonchev–Trinajstić information content (AvgIpc) is 3.14. The summed E-state index contributed by atoms with van der Waals surface area (Å²) in [6.07, 6.45) is 1.92. The number of hydrogen-bond donors (Lipinski definition) is 0. The summed E-state index contributed by atoms with van der Waals surface area (Å²) in [5.41, 5.74) is 6.07. The van der Waals surface area contributed by atoms with Gasteiger partial charge in [0.2, 0.25) is 0 Å². The van der Waals surface area contributed by atoms with Gasteiger partial charge in [-0.05, 0) is 31.2 Å². The Morgan fingerprint density at radius 1 is 0.857 bits per heavy atom. The smallest absolute Gasteiger partial charge is 0.144 e. The quantitative estimate of drug-likeness (QED) is 0.420. The van der Waals surface area contributed by atoms with Gasteiger partial charge in [0, 0.05) is 22.5 Å². The molecule has 2 aromatic heterocycles. The lowest BCUT2D eigenvalue weighted by molar-refractivity contribution is 0.412. The summed E-state index contributed by atoms with van der Waals surface area (Å²) in [4.78, 5) is 4.70. The Hall–Kier alpha value is -3.66. The molecule has 5 rings (SSSR count). The highest BCUT2D eigenvalue weighted by atomic mass is 16.5. The summed E-state index contributed by atoms with van der Waals surface area (Å²) in [6.45, 7) is 2.10. The lowest BCUT2D eigenvalue weighted by atomic mass is 10.1. The maximum atomic E-state index is 5.62. The van der Waals surface area contributed by atoms with E-state index in [1.807, 2.05) is 53.3 Å². The Balaban J connectivity index is 1.95. The van der Waals surface area contributed by atoms with Crippen molar-refractivity contribution in [1.82, 2.24) is 14.8 Å². The molecule has 0 spiro atoms. The standard InChI is InChI=1S/C24H19N3O/c1-16-12-13-20-18(14-16)24-19(15-25-20)23(17-8-4-3-5-9-17)26-27(24)21-10-6-7-11-22(21)28-2/h3-15H,1-2H3. The van der Waals surface area contributed by atoms with Gasteiger partial charge in [-0.2, -0.15) is 5.10 Å². The van der Waals surface area contributed by atoms with Gasteiger partial charge in [-0.25, -0.2) is 4.68 Å². The molecule has 0 fully saturated rings. The predicted molar refractivity (Wildman–Crippen MR) is 113 cm³/mol. The molecule has 0 unspecified atom stereocenters. The van der Waals surface area contributed by atoms with Crippen molar-refractivity contribution in [3.05, 3.63) is 84.6 Å². The van der Waals surface area contributed by atoms with Gasteiger partial charge in [0.05, 0.1) is 18.1 Å². The molecule has 5 aromatic rings. The topological polar surface area (TPSA) is 39.9 Å². The van der Waals surface area contributed by atoms with Crippen LogP contribution < -0.4 is 4.74 Å². The number of fused-ring (bicyclic) bond motifs is 3. The number of para-hydroxylation sites is 2. The third kappa shape index (κ3) is 2.54. The Kier molecular flexibility index (Phi) is 3.83. The van der Waals surface area contributed by atoms with Crippen molar-refractivity contribution in [2.75, 3.05) is 7.11 Å². The number of rotatable bonds is 3. The first-order chi connectivity index (χ1) is 13.8. The largest absolute Gasteiger partial charge is 0.494 e. The molecular formula is C24H19N3O. The summed E-state index contributed by atoms with van der Waals surface area (Å²) >= 11 is 0. The Morgan fingerprint density at radius 2 is 1.64 bits per heavy atom. The van der Waals surface area contributed by atoms with E-state index in [4.69, 9.17) is 14.8 Å². The summed E-state index contributed by atoms with van der Waals surface area (Å²) in [6, 6.07) is 24.5. The molecule has 136 valence electrons. The molecule has 4 nitrogen and oxygen atoms in total. The first-order valence-electron chi connectivity index (χ1n) is 9.23. The molecule has 0 N–H and O–H groups in total. The number of hydrogen-bond acceptors (Lipinski definition) is 3. The van der Waals surface area contributed by atoms with E-state index in [1.54, 1.807) is 7.11 Å². The fraction of sp³-hybridized carbons (Fsp3) is 0.0833. The van der Waals surface area contributed by atoms with Gasteiger partial charge in [0.15, 0.2) is 0 Å². The van der Waals surface area contributed by atoms with Gasteiger partial charge >= 0.3 is 0 Å². The lowest BCUT2D eigenvalue weighted by Crippen LogP contribution is -2.00. The van der Waals surface area contributed by atoms with Crippen molar-refractivity contribution in [2.24, 2.45) is 0 Å². The second-order valence-electron chi connectivity index (χ2n) is 6.84. The minimum absolute atomic E-state index is 0.782. The Morgan fingerprint density at radius 3 is 2.46 bits per heavy atom. The minimum Gasteiger partial charge on any atom is -0.494 e. The van der Waals surface area contributed by atoms with Crippen molar-refractivity contribution in [3.8, 4) is 22.7 Å². The van der Waals surface area contributed by atoms with Gasteiger partial charge in [-0.1, -0.05) is 54.1 Å². The summed E-state index contributed by atoms with van der Waals surface area (Å²) in [7, 11) is 1.69. The zero-order chi connectivity index (χ0) is 19.1. The summed E-state index contributed by atoms with van der Waals surface area (Å²) in [5, 5.41) is 7.12. The minimum atomic E-state index is 0.782. The van der Waals surface area contributed by atoms with E-state index < -0.39 is 0 Å². The van der Waals surface area contributed by atoms with Crippen LogP contribution in [0, 0.1) is 6.92 Å². The van der Waals surface area contributed by atoms with Crippen LogP contribution in [0.4, 0.5) is 0 Å². The predicted octanol–water partition coefficient (Wildman–Crippen LogP) is 5.56. The highest BCUT2D eigenvalue weighted by Crippen LogP contribution is 2.35. The summed E-state index contributed by atoms with van der Waals surface area (Å²) in [5.74, 6) is 0.782. The molecule has 4 heteroatoms. The first kappa shape index (κ1) is 16.5. The van der Waals surface area contributed by atoms with E-state index in [1.165, 1.54) is 5.56 Å². The van der Waals surface area contributed by atoms with Crippen molar-refractivity contribution in [2.45, 2.75) is 6.92 Å². The van der Waals surface area contributed by atoms with Crippen LogP contribution in [0.25, 0.3) is 38.8 Å².